The van der Waals surface area contributed by atoms with Crippen molar-refractivity contribution in [3.05, 3.63) is 28.8 Å². The molecule has 0 aromatic heterocycles. The van der Waals surface area contributed by atoms with Crippen molar-refractivity contribution in [3.63, 3.8) is 0 Å². The van der Waals surface area contributed by atoms with Gasteiger partial charge in [-0.05, 0) is 24.1 Å². The van der Waals surface area contributed by atoms with E-state index in [0.717, 1.165) is 0 Å². The molecule has 1 aromatic carbocycles. The summed E-state index contributed by atoms with van der Waals surface area (Å²) in [6.45, 7) is 4.73. The predicted molar refractivity (Wildman–Crippen MR) is 81.9 cm³/mol. The maximum absolute atomic E-state index is 12.5. The van der Waals surface area contributed by atoms with Crippen molar-refractivity contribution >= 4 is 23.3 Å². The Balaban J connectivity index is 2.96. The number of carbonyl (C=O) groups is 1. The third kappa shape index (κ3) is 5.15. The van der Waals surface area contributed by atoms with Gasteiger partial charge in [0.05, 0.1) is 5.56 Å². The number of nitrogens with two attached hydrogens (primary N) is 1. The Labute approximate surface area is 128 Å². The summed E-state index contributed by atoms with van der Waals surface area (Å²) in [6.07, 6.45) is 0.246. The van der Waals surface area contributed by atoms with E-state index in [-0.39, 0.29) is 35.4 Å². The first-order chi connectivity index (χ1) is 9.85. The third-order valence-corrected chi connectivity index (χ3v) is 3.06. The summed E-state index contributed by atoms with van der Waals surface area (Å²) >= 11 is 5.87. The lowest BCUT2D eigenvalue weighted by atomic mass is 10.1. The fourth-order valence-electron chi connectivity index (χ4n) is 1.87. The molecule has 0 atom stereocenters. The van der Waals surface area contributed by atoms with Crippen molar-refractivity contribution in [1.29, 1.82) is 0 Å². The predicted octanol–water partition coefficient (Wildman–Crippen LogP) is 2.28. The first kappa shape index (κ1) is 17.1. The molecule has 7 heteroatoms. The van der Waals surface area contributed by atoms with Gasteiger partial charge < -0.3 is 20.9 Å². The van der Waals surface area contributed by atoms with E-state index in [0.29, 0.717) is 18.1 Å². The number of carbonyl (C=O) groups excluding carboxylic acids is 1. The van der Waals surface area contributed by atoms with Gasteiger partial charge in [-0.15, -0.1) is 0 Å². The van der Waals surface area contributed by atoms with E-state index in [1.54, 1.807) is 4.90 Å². The molecular weight excluding hydrogens is 294 g/mol. The van der Waals surface area contributed by atoms with Crippen LogP contribution in [0.3, 0.4) is 0 Å². The summed E-state index contributed by atoms with van der Waals surface area (Å²) in [6, 6.07) is 4.32. The molecule has 0 bridgehead atoms. The summed E-state index contributed by atoms with van der Waals surface area (Å²) in [7, 11) is 0. The molecule has 6 nitrogen and oxygen atoms in total. The van der Waals surface area contributed by atoms with E-state index in [9.17, 15) is 9.90 Å². The minimum atomic E-state index is -0.338. The highest BCUT2D eigenvalue weighted by Gasteiger charge is 2.20. The van der Waals surface area contributed by atoms with Crippen LogP contribution in [-0.4, -0.2) is 40.0 Å². The molecule has 0 spiro atoms. The van der Waals surface area contributed by atoms with Gasteiger partial charge in [0, 0.05) is 24.5 Å². The number of nitrogens with zero attached hydrogens (tertiary/aromatic N) is 2. The maximum atomic E-state index is 12.5. The number of oxime groups is 1. The van der Waals surface area contributed by atoms with Crippen LogP contribution in [0.5, 0.6) is 5.75 Å². The van der Waals surface area contributed by atoms with E-state index in [1.807, 2.05) is 13.8 Å². The van der Waals surface area contributed by atoms with Gasteiger partial charge in [0.1, 0.15) is 11.6 Å². The van der Waals surface area contributed by atoms with Crippen molar-refractivity contribution < 1.29 is 15.1 Å². The molecule has 0 fully saturated rings. The second-order valence-corrected chi connectivity index (χ2v) is 5.58. The van der Waals surface area contributed by atoms with Gasteiger partial charge in [0.2, 0.25) is 0 Å². The molecule has 1 rings (SSSR count). The molecule has 116 valence electrons. The SMILES string of the molecule is CC(C)CN(CCC(N)=NO)C(=O)c1cc(Cl)ccc1O. The smallest absolute Gasteiger partial charge is 0.257 e. The van der Waals surface area contributed by atoms with Gasteiger partial charge in [-0.25, -0.2) is 0 Å². The minimum absolute atomic E-state index is 0.0480. The Bertz CT molecular complexity index is 532. The van der Waals surface area contributed by atoms with Gasteiger partial charge in [0.25, 0.3) is 5.91 Å². The largest absolute Gasteiger partial charge is 0.507 e. The number of amides is 1. The number of amidine groups is 1. The monoisotopic (exact) mass is 313 g/mol. The molecule has 0 aliphatic carbocycles. The molecule has 0 heterocycles. The molecule has 0 aliphatic heterocycles. The number of halogens is 1. The van der Waals surface area contributed by atoms with Crippen LogP contribution in [0, 0.1) is 5.92 Å². The van der Waals surface area contributed by atoms with Crippen molar-refractivity contribution in [2.24, 2.45) is 16.8 Å². The molecule has 21 heavy (non-hydrogen) atoms. The zero-order valence-corrected chi connectivity index (χ0v) is 12.8. The fourth-order valence-corrected chi connectivity index (χ4v) is 2.04. The zero-order valence-electron chi connectivity index (χ0n) is 12.1. The van der Waals surface area contributed by atoms with Crippen molar-refractivity contribution in [2.45, 2.75) is 20.3 Å². The Morgan fingerprint density at radius 2 is 2.14 bits per heavy atom. The number of hydrogen-bond acceptors (Lipinski definition) is 4. The second kappa shape index (κ2) is 7.73. The number of phenols is 1. The maximum Gasteiger partial charge on any atom is 0.257 e. The van der Waals surface area contributed by atoms with Crippen LogP contribution in [0.2, 0.25) is 5.02 Å². The van der Waals surface area contributed by atoms with Gasteiger partial charge in [-0.2, -0.15) is 0 Å². The average molecular weight is 314 g/mol. The van der Waals surface area contributed by atoms with Crippen LogP contribution in [0.15, 0.2) is 23.4 Å². The zero-order chi connectivity index (χ0) is 16.0. The summed E-state index contributed by atoms with van der Waals surface area (Å²) in [5.74, 6) is -0.175. The summed E-state index contributed by atoms with van der Waals surface area (Å²) in [5, 5.41) is 21.6. The standard InChI is InChI=1S/C14H20ClN3O3/c1-9(2)8-18(6-5-13(16)17-21)14(20)11-7-10(15)3-4-12(11)19/h3-4,7,9,19,21H,5-6,8H2,1-2H3,(H2,16,17). The number of hydrogen-bond donors (Lipinski definition) is 3. The molecule has 4 N–H and O–H groups in total. The Morgan fingerprint density at radius 1 is 1.48 bits per heavy atom. The molecule has 0 saturated heterocycles. The number of benzene rings is 1. The van der Waals surface area contributed by atoms with Crippen LogP contribution in [-0.2, 0) is 0 Å². The second-order valence-electron chi connectivity index (χ2n) is 5.15. The quantitative estimate of drug-likeness (QED) is 0.325. The fraction of sp³-hybridized carbons (Fsp3) is 0.429. The molecule has 0 unspecified atom stereocenters. The van der Waals surface area contributed by atoms with E-state index in [4.69, 9.17) is 22.5 Å². The van der Waals surface area contributed by atoms with Gasteiger partial charge in [0.15, 0.2) is 0 Å². The van der Waals surface area contributed by atoms with Gasteiger partial charge in [-0.3, -0.25) is 4.79 Å². The average Bonchev–Trinajstić information content (AvgIpc) is 2.44. The normalized spacial score (nSPS) is 11.7. The van der Waals surface area contributed by atoms with Crippen LogP contribution < -0.4 is 5.73 Å². The minimum Gasteiger partial charge on any atom is -0.507 e. The van der Waals surface area contributed by atoms with E-state index < -0.39 is 0 Å². The molecule has 0 aliphatic rings. The summed E-state index contributed by atoms with van der Waals surface area (Å²) < 4.78 is 0. The lowest BCUT2D eigenvalue weighted by molar-refractivity contribution is 0.0737. The number of phenolic OH excluding ortho intramolecular Hbond substituents is 1. The lowest BCUT2D eigenvalue weighted by Crippen LogP contribution is -2.36. The van der Waals surface area contributed by atoms with Crippen LogP contribution in [0.1, 0.15) is 30.6 Å². The highest BCUT2D eigenvalue weighted by molar-refractivity contribution is 6.31. The third-order valence-electron chi connectivity index (χ3n) is 2.83. The van der Waals surface area contributed by atoms with Crippen LogP contribution >= 0.6 is 11.6 Å². The van der Waals surface area contributed by atoms with E-state index >= 15 is 0 Å². The molecule has 0 saturated carbocycles. The number of aromatic hydroxyl groups is 1. The van der Waals surface area contributed by atoms with Crippen LogP contribution in [0.4, 0.5) is 0 Å². The topological polar surface area (TPSA) is 99.1 Å². The van der Waals surface area contributed by atoms with Crippen molar-refractivity contribution in [2.75, 3.05) is 13.1 Å². The highest BCUT2D eigenvalue weighted by Crippen LogP contribution is 2.23. The Hall–Kier alpha value is -1.95. The first-order valence-corrected chi connectivity index (χ1v) is 6.97. The van der Waals surface area contributed by atoms with Gasteiger partial charge in [-0.1, -0.05) is 30.6 Å². The summed E-state index contributed by atoms with van der Waals surface area (Å²) in [4.78, 5) is 14.1. The Morgan fingerprint density at radius 3 is 2.71 bits per heavy atom. The van der Waals surface area contributed by atoms with Crippen LogP contribution in [0.25, 0.3) is 0 Å². The van der Waals surface area contributed by atoms with E-state index in [2.05, 4.69) is 5.16 Å². The molecule has 1 amide bonds. The Kier molecular flexibility index (Phi) is 6.30. The van der Waals surface area contributed by atoms with Crippen molar-refractivity contribution in [3.8, 4) is 5.75 Å². The van der Waals surface area contributed by atoms with Crippen molar-refractivity contribution in [1.82, 2.24) is 4.90 Å². The molecule has 0 radical (unpaired) electrons. The molecular formula is C14H20ClN3O3. The molecule has 1 aromatic rings. The number of rotatable bonds is 6. The highest BCUT2D eigenvalue weighted by atomic mass is 35.5. The van der Waals surface area contributed by atoms with E-state index in [1.165, 1.54) is 18.2 Å². The van der Waals surface area contributed by atoms with Gasteiger partial charge >= 0.3 is 0 Å². The summed E-state index contributed by atoms with van der Waals surface area (Å²) in [5.41, 5.74) is 5.58. The first-order valence-electron chi connectivity index (χ1n) is 6.59. The lowest BCUT2D eigenvalue weighted by Gasteiger charge is -2.25.